The lowest BCUT2D eigenvalue weighted by Gasteiger charge is -2.16. The largest absolute Gasteiger partial charge is 0.419 e. The van der Waals surface area contributed by atoms with Crippen molar-refractivity contribution >= 4 is 5.82 Å². The van der Waals surface area contributed by atoms with Crippen molar-refractivity contribution in [2.75, 3.05) is 5.73 Å². The molecule has 0 bridgehead atoms. The number of imidazole rings is 1. The number of benzene rings is 1. The van der Waals surface area contributed by atoms with Gasteiger partial charge < -0.3 is 10.3 Å². The smallest absolute Gasteiger partial charge is 0.383 e. The highest BCUT2D eigenvalue weighted by atomic mass is 19.4. The zero-order chi connectivity index (χ0) is 25.5. The normalized spacial score (nSPS) is 11.9. The minimum absolute atomic E-state index is 0.211. The first kappa shape index (κ1) is 23.8. The molecule has 0 spiro atoms. The minimum Gasteiger partial charge on any atom is -0.383 e. The number of rotatable bonds is 4. The van der Waals surface area contributed by atoms with Gasteiger partial charge >= 0.3 is 11.9 Å². The predicted molar refractivity (Wildman–Crippen MR) is 126 cm³/mol. The summed E-state index contributed by atoms with van der Waals surface area (Å²) in [6, 6.07) is 13.4. The van der Waals surface area contributed by atoms with Gasteiger partial charge in [-0.05, 0) is 55.3 Å². The summed E-state index contributed by atoms with van der Waals surface area (Å²) in [7, 11) is 1.60. The molecule has 0 saturated carbocycles. The number of alkyl halides is 3. The van der Waals surface area contributed by atoms with Crippen LogP contribution in [-0.2, 0) is 18.6 Å². The van der Waals surface area contributed by atoms with Crippen molar-refractivity contribution in [2.45, 2.75) is 25.4 Å². The summed E-state index contributed by atoms with van der Waals surface area (Å²) < 4.78 is 42.8. The first-order valence-corrected chi connectivity index (χ1v) is 10.5. The van der Waals surface area contributed by atoms with E-state index in [1.807, 2.05) is 0 Å². The third-order valence-corrected chi connectivity index (χ3v) is 5.76. The van der Waals surface area contributed by atoms with Crippen LogP contribution in [0.25, 0.3) is 28.2 Å². The number of nitrogen functional groups attached to an aromatic ring is 1. The zero-order valence-electron chi connectivity index (χ0n) is 19.1. The van der Waals surface area contributed by atoms with Gasteiger partial charge in [-0.25, -0.2) is 9.78 Å². The average Bonchev–Trinajstić information content (AvgIpc) is 3.13. The summed E-state index contributed by atoms with van der Waals surface area (Å²) in [5.41, 5.74) is 6.21. The maximum absolute atomic E-state index is 13.3. The summed E-state index contributed by atoms with van der Waals surface area (Å²) >= 11 is 0. The van der Waals surface area contributed by atoms with E-state index in [4.69, 9.17) is 5.73 Å². The Morgan fingerprint density at radius 2 is 1.71 bits per heavy atom. The number of nitrogens with two attached hydrogens (primary N) is 1. The lowest BCUT2D eigenvalue weighted by molar-refractivity contribution is -0.137. The molecule has 178 valence electrons. The van der Waals surface area contributed by atoms with Crippen molar-refractivity contribution in [1.29, 1.82) is 5.26 Å². The van der Waals surface area contributed by atoms with E-state index in [9.17, 15) is 23.2 Å². The summed E-state index contributed by atoms with van der Waals surface area (Å²) in [6.45, 7) is 3.60. The van der Waals surface area contributed by atoms with Crippen LogP contribution >= 0.6 is 0 Å². The molecule has 0 unspecified atom stereocenters. The second kappa shape index (κ2) is 8.43. The van der Waals surface area contributed by atoms with Crippen molar-refractivity contribution < 1.29 is 13.2 Å². The number of anilines is 1. The maximum atomic E-state index is 13.3. The minimum atomic E-state index is -4.64. The standard InChI is InChI=1S/C25H21F3N6O/c1-24(2,14-29)17-4-6-18(7-5-17)34-21(13-33(3)23(34)35)20-11-15(8-9-31-20)16-10-19(25(26,27)28)22(30)32-12-16/h4-13H,1-3H3,(H2,30,32). The molecule has 0 radical (unpaired) electrons. The van der Waals surface area contributed by atoms with Crippen LogP contribution < -0.4 is 11.4 Å². The topological polar surface area (TPSA) is 103 Å². The first-order valence-electron chi connectivity index (χ1n) is 10.5. The van der Waals surface area contributed by atoms with Crippen molar-refractivity contribution in [3.8, 4) is 34.3 Å². The number of hydrogen-bond acceptors (Lipinski definition) is 5. The van der Waals surface area contributed by atoms with Crippen LogP contribution in [0, 0.1) is 11.3 Å². The SMILES string of the molecule is Cn1cc(-c2cc(-c3cnc(N)c(C(F)(F)F)c3)ccn2)n(-c2ccc(C(C)(C)C#N)cc2)c1=O. The van der Waals surface area contributed by atoms with Crippen LogP contribution in [0.1, 0.15) is 25.0 Å². The molecule has 0 saturated heterocycles. The van der Waals surface area contributed by atoms with Gasteiger partial charge in [0.05, 0.1) is 34.1 Å². The summed E-state index contributed by atoms with van der Waals surface area (Å²) in [4.78, 5) is 21.0. The molecular formula is C25H21F3N6O. The number of halogens is 3. The second-order valence-electron chi connectivity index (χ2n) is 8.61. The van der Waals surface area contributed by atoms with Crippen molar-refractivity contribution in [3.05, 3.63) is 82.7 Å². The Bertz CT molecular complexity index is 1510. The van der Waals surface area contributed by atoms with Crippen LogP contribution in [0.4, 0.5) is 19.0 Å². The molecular weight excluding hydrogens is 457 g/mol. The molecule has 3 heterocycles. The highest BCUT2D eigenvalue weighted by molar-refractivity contribution is 5.71. The van der Waals surface area contributed by atoms with Gasteiger partial charge in [-0.15, -0.1) is 0 Å². The molecule has 4 rings (SSSR count). The van der Waals surface area contributed by atoms with Crippen molar-refractivity contribution in [2.24, 2.45) is 7.05 Å². The quantitative estimate of drug-likeness (QED) is 0.458. The lowest BCUT2D eigenvalue weighted by atomic mass is 9.86. The molecule has 0 aliphatic carbocycles. The van der Waals surface area contributed by atoms with Crippen LogP contribution in [-0.4, -0.2) is 19.1 Å². The number of aromatic nitrogens is 4. The lowest BCUT2D eigenvalue weighted by Crippen LogP contribution is -2.21. The maximum Gasteiger partial charge on any atom is 0.419 e. The van der Waals surface area contributed by atoms with E-state index in [0.717, 1.165) is 11.6 Å². The van der Waals surface area contributed by atoms with E-state index < -0.39 is 23.0 Å². The molecule has 0 amide bonds. The van der Waals surface area contributed by atoms with Crippen LogP contribution in [0.5, 0.6) is 0 Å². The second-order valence-corrected chi connectivity index (χ2v) is 8.61. The van der Waals surface area contributed by atoms with Crippen molar-refractivity contribution in [1.82, 2.24) is 19.1 Å². The third-order valence-electron chi connectivity index (χ3n) is 5.76. The van der Waals surface area contributed by atoms with E-state index >= 15 is 0 Å². The van der Waals surface area contributed by atoms with Gasteiger partial charge in [-0.1, -0.05) is 12.1 Å². The zero-order valence-corrected chi connectivity index (χ0v) is 19.1. The molecule has 0 aliphatic heterocycles. The number of nitriles is 1. The third kappa shape index (κ3) is 4.40. The Balaban J connectivity index is 1.82. The highest BCUT2D eigenvalue weighted by Crippen LogP contribution is 2.35. The highest BCUT2D eigenvalue weighted by Gasteiger charge is 2.34. The summed E-state index contributed by atoms with van der Waals surface area (Å²) in [6.07, 6.45) is -0.328. The van der Waals surface area contributed by atoms with Gasteiger partial charge in [0.1, 0.15) is 5.82 Å². The Hall–Kier alpha value is -4.39. The molecule has 2 N–H and O–H groups in total. The fraction of sp³-hybridized carbons (Fsp3) is 0.200. The molecule has 0 atom stereocenters. The molecule has 3 aromatic heterocycles. The van der Waals surface area contributed by atoms with Crippen LogP contribution in [0.2, 0.25) is 0 Å². The average molecular weight is 478 g/mol. The van der Waals surface area contributed by atoms with Crippen molar-refractivity contribution in [3.63, 3.8) is 0 Å². The van der Waals surface area contributed by atoms with Gasteiger partial charge in [0.25, 0.3) is 0 Å². The van der Waals surface area contributed by atoms with E-state index in [1.165, 1.54) is 21.5 Å². The molecule has 1 aromatic carbocycles. The molecule has 10 heteroatoms. The van der Waals surface area contributed by atoms with Gasteiger partial charge in [-0.2, -0.15) is 18.4 Å². The van der Waals surface area contributed by atoms with E-state index in [1.54, 1.807) is 63.5 Å². The molecule has 0 aliphatic rings. The molecule has 4 aromatic rings. The van der Waals surface area contributed by atoms with Gasteiger partial charge in [0.2, 0.25) is 0 Å². The fourth-order valence-electron chi connectivity index (χ4n) is 3.69. The van der Waals surface area contributed by atoms with Crippen LogP contribution in [0.3, 0.4) is 0 Å². The summed E-state index contributed by atoms with van der Waals surface area (Å²) in [5, 5.41) is 9.38. The van der Waals surface area contributed by atoms with Crippen LogP contribution in [0.15, 0.2) is 65.8 Å². The number of nitrogens with zero attached hydrogens (tertiary/aromatic N) is 5. The monoisotopic (exact) mass is 478 g/mol. The van der Waals surface area contributed by atoms with Gasteiger partial charge in [0, 0.05) is 31.2 Å². The van der Waals surface area contributed by atoms with E-state index in [2.05, 4.69) is 16.0 Å². The molecule has 35 heavy (non-hydrogen) atoms. The van der Waals surface area contributed by atoms with E-state index in [-0.39, 0.29) is 11.3 Å². The first-order chi connectivity index (χ1) is 16.4. The Morgan fingerprint density at radius 1 is 1.03 bits per heavy atom. The fourth-order valence-corrected chi connectivity index (χ4v) is 3.69. The predicted octanol–water partition coefficient (Wildman–Crippen LogP) is 4.70. The molecule has 0 fully saturated rings. The summed E-state index contributed by atoms with van der Waals surface area (Å²) in [5.74, 6) is -0.601. The van der Waals surface area contributed by atoms with Gasteiger partial charge in [-0.3, -0.25) is 9.55 Å². The number of pyridine rings is 2. The van der Waals surface area contributed by atoms with E-state index in [0.29, 0.717) is 22.6 Å². The number of aryl methyl sites for hydroxylation is 1. The Morgan fingerprint density at radius 3 is 2.34 bits per heavy atom. The Kier molecular flexibility index (Phi) is 5.72. The van der Waals surface area contributed by atoms with Gasteiger partial charge in [0.15, 0.2) is 0 Å². The Labute approximate surface area is 198 Å². The number of hydrogen-bond donors (Lipinski definition) is 1. The molecule has 7 nitrogen and oxygen atoms in total.